The Morgan fingerprint density at radius 3 is 2.59 bits per heavy atom. The molecule has 1 aliphatic rings. The summed E-state index contributed by atoms with van der Waals surface area (Å²) in [4.78, 5) is 13.3. The molecule has 4 nitrogen and oxygen atoms in total. The fourth-order valence-electron chi connectivity index (χ4n) is 1.81. The summed E-state index contributed by atoms with van der Waals surface area (Å²) in [5, 5.41) is 10.3. The third kappa shape index (κ3) is 4.56. The highest BCUT2D eigenvalue weighted by atomic mass is 35.5. The zero-order valence-electron chi connectivity index (χ0n) is 10.6. The molecule has 1 heterocycles. The fourth-order valence-corrected chi connectivity index (χ4v) is 2.01. The molecule has 0 aromatic heterocycles. The number of nitrogens with zero attached hydrogens (tertiary/aromatic N) is 1. The lowest BCUT2D eigenvalue weighted by molar-refractivity contribution is 0.0270. The van der Waals surface area contributed by atoms with Gasteiger partial charge >= 0.3 is 6.09 Å². The molecule has 0 unspecified atom stereocenters. The number of ether oxygens (including phenoxy) is 1. The normalized spacial score (nSPS) is 24.9. The Balaban J connectivity index is 2.53. The van der Waals surface area contributed by atoms with Crippen LogP contribution in [0.5, 0.6) is 0 Å². The topological polar surface area (TPSA) is 49.8 Å². The monoisotopic (exact) mass is 261 g/mol. The summed E-state index contributed by atoms with van der Waals surface area (Å²) in [5.41, 5.74) is -0.518. The summed E-state index contributed by atoms with van der Waals surface area (Å²) >= 11 is 5.72. The molecule has 0 bridgehead atoms. The molecular weight excluding hydrogens is 242 g/mol. The van der Waals surface area contributed by atoms with Crippen LogP contribution in [0.2, 0.25) is 0 Å². The molecule has 5 heteroatoms. The summed E-state index contributed by atoms with van der Waals surface area (Å²) in [5.74, 6) is -0.0486. The largest absolute Gasteiger partial charge is 0.444 e. The molecule has 0 aliphatic carbocycles. The molecule has 17 heavy (non-hydrogen) atoms. The van der Waals surface area contributed by atoms with Crippen molar-refractivity contribution in [3.05, 3.63) is 11.6 Å². The second-order valence-corrected chi connectivity index (χ2v) is 5.97. The number of β-amino-alcohol motifs (C(OH)–C–C–N with tert-alkyl or cyclic N) is 1. The van der Waals surface area contributed by atoms with Crippen LogP contribution in [0.1, 0.15) is 27.2 Å². The van der Waals surface area contributed by atoms with Crippen LogP contribution in [0.25, 0.3) is 0 Å². The molecule has 0 saturated carbocycles. The van der Waals surface area contributed by atoms with Crippen molar-refractivity contribution in [1.82, 2.24) is 4.90 Å². The Morgan fingerprint density at radius 1 is 1.53 bits per heavy atom. The smallest absolute Gasteiger partial charge is 0.410 e. The Hall–Kier alpha value is -0.740. The molecule has 2 atom stereocenters. The molecule has 0 aromatic carbocycles. The van der Waals surface area contributed by atoms with Gasteiger partial charge in [-0.2, -0.15) is 0 Å². The molecule has 1 fully saturated rings. The first-order chi connectivity index (χ1) is 7.69. The quantitative estimate of drug-likeness (QED) is 0.830. The minimum Gasteiger partial charge on any atom is -0.444 e. The number of likely N-dealkylation sites (tertiary alicyclic amines) is 1. The van der Waals surface area contributed by atoms with E-state index in [4.69, 9.17) is 16.3 Å². The van der Waals surface area contributed by atoms with E-state index in [1.807, 2.05) is 20.8 Å². The third-order valence-electron chi connectivity index (χ3n) is 2.54. The van der Waals surface area contributed by atoms with E-state index in [1.54, 1.807) is 0 Å². The summed E-state index contributed by atoms with van der Waals surface area (Å²) in [6.07, 6.45) is -0.431. The molecule has 1 aliphatic heterocycles. The molecule has 0 aromatic rings. The molecule has 0 radical (unpaired) electrons. The molecular formula is C12H20ClNO3. The number of hydrogen-bond donors (Lipinski definition) is 1. The van der Waals surface area contributed by atoms with Gasteiger partial charge in [0.1, 0.15) is 5.60 Å². The van der Waals surface area contributed by atoms with Crippen molar-refractivity contribution >= 4 is 17.7 Å². The van der Waals surface area contributed by atoms with Crippen molar-refractivity contribution in [1.29, 1.82) is 0 Å². The molecule has 0 spiro atoms. The van der Waals surface area contributed by atoms with Crippen molar-refractivity contribution in [2.45, 2.75) is 38.9 Å². The lowest BCUT2D eigenvalue weighted by Crippen LogP contribution is -2.35. The van der Waals surface area contributed by atoms with Crippen LogP contribution < -0.4 is 0 Å². The second-order valence-electron chi connectivity index (χ2n) is 5.43. The molecule has 1 N–H and O–H groups in total. The van der Waals surface area contributed by atoms with Gasteiger partial charge in [0.25, 0.3) is 0 Å². The maximum Gasteiger partial charge on any atom is 0.410 e. The second kappa shape index (κ2) is 5.27. The standard InChI is InChI=1S/C12H20ClNO3/c1-8(13)5-9-6-14(7-10(9)15)11(16)17-12(2,3)4/h9-10,15H,1,5-7H2,2-4H3/t9-,10-/m1/s1. The fraction of sp³-hybridized carbons (Fsp3) is 0.750. The SMILES string of the molecule is C=C(Cl)C[C@@H]1CN(C(=O)OC(C)(C)C)C[C@H]1O. The average Bonchev–Trinajstić information content (AvgIpc) is 2.44. The highest BCUT2D eigenvalue weighted by molar-refractivity contribution is 6.29. The highest BCUT2D eigenvalue weighted by Gasteiger charge is 2.35. The van der Waals surface area contributed by atoms with Gasteiger partial charge in [-0.1, -0.05) is 18.2 Å². The Morgan fingerprint density at radius 2 is 2.12 bits per heavy atom. The van der Waals surface area contributed by atoms with E-state index in [0.29, 0.717) is 24.5 Å². The van der Waals surface area contributed by atoms with Gasteiger partial charge in [-0.3, -0.25) is 0 Å². The van der Waals surface area contributed by atoms with Crippen LogP contribution in [0.3, 0.4) is 0 Å². The summed E-state index contributed by atoms with van der Waals surface area (Å²) in [6.45, 7) is 9.80. The maximum absolute atomic E-state index is 11.8. The molecule has 1 rings (SSSR count). The lowest BCUT2D eigenvalue weighted by Gasteiger charge is -2.24. The van der Waals surface area contributed by atoms with Crippen LogP contribution in [0.4, 0.5) is 4.79 Å². The van der Waals surface area contributed by atoms with Crippen LogP contribution in [0.15, 0.2) is 11.6 Å². The summed E-state index contributed by atoms with van der Waals surface area (Å²) in [6, 6.07) is 0. The number of aliphatic hydroxyl groups is 1. The van der Waals surface area contributed by atoms with Gasteiger partial charge in [0.15, 0.2) is 0 Å². The minimum atomic E-state index is -0.557. The van der Waals surface area contributed by atoms with Gasteiger partial charge in [0.2, 0.25) is 0 Å². The zero-order valence-corrected chi connectivity index (χ0v) is 11.3. The molecule has 1 saturated heterocycles. The van der Waals surface area contributed by atoms with E-state index >= 15 is 0 Å². The lowest BCUT2D eigenvalue weighted by atomic mass is 10.0. The molecule has 1 amide bonds. The number of aliphatic hydroxyl groups excluding tert-OH is 1. The summed E-state index contributed by atoms with van der Waals surface area (Å²) in [7, 11) is 0. The van der Waals surface area contributed by atoms with E-state index in [-0.39, 0.29) is 12.0 Å². The number of rotatable bonds is 2. The number of hydrogen-bond acceptors (Lipinski definition) is 3. The van der Waals surface area contributed by atoms with Gasteiger partial charge in [-0.25, -0.2) is 4.79 Å². The van der Waals surface area contributed by atoms with E-state index in [0.717, 1.165) is 0 Å². The minimum absolute atomic E-state index is 0.0486. The van der Waals surface area contributed by atoms with Crippen molar-refractivity contribution in [3.63, 3.8) is 0 Å². The van der Waals surface area contributed by atoms with Crippen LogP contribution in [-0.2, 0) is 4.74 Å². The highest BCUT2D eigenvalue weighted by Crippen LogP contribution is 2.25. The Labute approximate surface area is 107 Å². The first-order valence-electron chi connectivity index (χ1n) is 5.68. The Bertz CT molecular complexity index is 311. The van der Waals surface area contributed by atoms with Gasteiger partial charge in [-0.05, 0) is 27.2 Å². The first-order valence-corrected chi connectivity index (χ1v) is 6.06. The van der Waals surface area contributed by atoms with E-state index < -0.39 is 11.7 Å². The number of amides is 1. The van der Waals surface area contributed by atoms with E-state index in [1.165, 1.54) is 4.90 Å². The van der Waals surface area contributed by atoms with Crippen molar-refractivity contribution in [2.75, 3.05) is 13.1 Å². The molecule has 98 valence electrons. The van der Waals surface area contributed by atoms with Crippen LogP contribution in [-0.4, -0.2) is 40.9 Å². The summed E-state index contributed by atoms with van der Waals surface area (Å²) < 4.78 is 5.24. The van der Waals surface area contributed by atoms with Crippen LogP contribution >= 0.6 is 11.6 Å². The zero-order chi connectivity index (χ0) is 13.2. The Kier molecular flexibility index (Phi) is 4.44. The van der Waals surface area contributed by atoms with Gasteiger partial charge in [-0.15, -0.1) is 0 Å². The predicted molar refractivity (Wildman–Crippen MR) is 66.9 cm³/mol. The van der Waals surface area contributed by atoms with E-state index in [9.17, 15) is 9.90 Å². The van der Waals surface area contributed by atoms with Crippen LogP contribution in [0, 0.1) is 5.92 Å². The van der Waals surface area contributed by atoms with Crippen molar-refractivity contribution in [3.8, 4) is 0 Å². The third-order valence-corrected chi connectivity index (χ3v) is 2.70. The predicted octanol–water partition coefficient (Wildman–Crippen LogP) is 2.36. The van der Waals surface area contributed by atoms with Gasteiger partial charge < -0.3 is 14.7 Å². The average molecular weight is 262 g/mol. The van der Waals surface area contributed by atoms with E-state index in [2.05, 4.69) is 6.58 Å². The van der Waals surface area contributed by atoms with Gasteiger partial charge in [0, 0.05) is 17.5 Å². The van der Waals surface area contributed by atoms with Gasteiger partial charge in [0.05, 0.1) is 12.6 Å². The number of allylic oxidation sites excluding steroid dienone is 1. The maximum atomic E-state index is 11.8. The number of carbonyl (C=O) groups excluding carboxylic acids is 1. The number of carbonyl (C=O) groups is 1. The van der Waals surface area contributed by atoms with Crippen molar-refractivity contribution in [2.24, 2.45) is 5.92 Å². The number of halogens is 1. The van der Waals surface area contributed by atoms with Crippen molar-refractivity contribution < 1.29 is 14.6 Å². The first kappa shape index (κ1) is 14.3.